The molecule has 1 atom stereocenters. The number of carbonyl (C=O) groups excluding carboxylic acids is 2. The molecule has 11 heteroatoms. The molecule has 0 aromatic carbocycles. The molecule has 144 valence electrons. The highest BCUT2D eigenvalue weighted by atomic mass is 32.1. The minimum Gasteiger partial charge on any atom is -0.355 e. The number of nitrogens with zero attached hydrogens (tertiary/aromatic N) is 4. The van der Waals surface area contributed by atoms with E-state index < -0.39 is 17.8 Å². The molecule has 1 N–H and O–H groups in total. The fourth-order valence-electron chi connectivity index (χ4n) is 2.75. The van der Waals surface area contributed by atoms with Crippen molar-refractivity contribution < 1.29 is 22.8 Å². The smallest absolute Gasteiger partial charge is 0.355 e. The number of alkyl halides is 3. The number of thiazole rings is 1. The van der Waals surface area contributed by atoms with Crippen LogP contribution in [0.2, 0.25) is 0 Å². The van der Waals surface area contributed by atoms with Gasteiger partial charge in [-0.15, -0.1) is 11.3 Å². The molecule has 2 aromatic heterocycles. The van der Waals surface area contributed by atoms with Gasteiger partial charge >= 0.3 is 6.18 Å². The van der Waals surface area contributed by atoms with E-state index in [-0.39, 0.29) is 49.3 Å². The normalized spacial score (nSPS) is 17.4. The maximum Gasteiger partial charge on any atom is 0.433 e. The molecule has 1 saturated heterocycles. The first-order valence-corrected chi connectivity index (χ1v) is 9.01. The van der Waals surface area contributed by atoms with Gasteiger partial charge in [-0.1, -0.05) is 0 Å². The van der Waals surface area contributed by atoms with Crippen LogP contribution in [0.1, 0.15) is 23.6 Å². The number of hydrogen-bond acceptors (Lipinski definition) is 6. The lowest BCUT2D eigenvalue weighted by molar-refractivity contribution is -0.141. The summed E-state index contributed by atoms with van der Waals surface area (Å²) in [6, 6.07) is 0.874. The topological polar surface area (TPSA) is 88.1 Å². The molecule has 2 aromatic rings. The number of halogens is 3. The molecule has 0 spiro atoms. The number of carbonyl (C=O) groups is 2. The van der Waals surface area contributed by atoms with Crippen molar-refractivity contribution in [2.45, 2.75) is 25.9 Å². The fourth-order valence-corrected chi connectivity index (χ4v) is 3.41. The molecule has 0 saturated carbocycles. The van der Waals surface area contributed by atoms with E-state index >= 15 is 0 Å². The number of hydrogen-bond donors (Lipinski definition) is 1. The highest BCUT2D eigenvalue weighted by Crippen LogP contribution is 2.28. The van der Waals surface area contributed by atoms with Gasteiger partial charge in [-0.05, 0) is 13.0 Å². The van der Waals surface area contributed by atoms with E-state index in [1.54, 1.807) is 11.6 Å². The molecule has 0 bridgehead atoms. The summed E-state index contributed by atoms with van der Waals surface area (Å²) < 4.78 is 38.4. The minimum atomic E-state index is -4.55. The number of amides is 2. The van der Waals surface area contributed by atoms with E-state index in [1.807, 2.05) is 0 Å². The lowest BCUT2D eigenvalue weighted by atomic mass is 10.1. The van der Waals surface area contributed by atoms with Crippen LogP contribution < -0.4 is 10.2 Å². The van der Waals surface area contributed by atoms with Crippen molar-refractivity contribution in [2.24, 2.45) is 5.92 Å². The maximum absolute atomic E-state index is 12.8. The number of rotatable bonds is 5. The van der Waals surface area contributed by atoms with Crippen molar-refractivity contribution in [2.75, 3.05) is 18.0 Å². The molecule has 1 unspecified atom stereocenters. The van der Waals surface area contributed by atoms with Crippen LogP contribution in [0.5, 0.6) is 0 Å². The number of aromatic nitrogens is 3. The summed E-state index contributed by atoms with van der Waals surface area (Å²) in [6.07, 6.45) is -2.83. The molecule has 0 radical (unpaired) electrons. The highest BCUT2D eigenvalue weighted by Gasteiger charge is 2.36. The van der Waals surface area contributed by atoms with Crippen molar-refractivity contribution in [3.05, 3.63) is 34.9 Å². The molecular formula is C16H16F3N5O2S. The van der Waals surface area contributed by atoms with Gasteiger partial charge in [0.2, 0.25) is 11.8 Å². The van der Waals surface area contributed by atoms with Crippen molar-refractivity contribution in [3.8, 4) is 0 Å². The predicted molar refractivity (Wildman–Crippen MR) is 91.1 cm³/mol. The molecule has 0 aliphatic carbocycles. The average Bonchev–Trinajstić information content (AvgIpc) is 3.22. The third-order valence-corrected chi connectivity index (χ3v) is 4.78. The second-order valence-corrected chi connectivity index (χ2v) is 6.94. The van der Waals surface area contributed by atoms with Crippen molar-refractivity contribution in [1.82, 2.24) is 20.3 Å². The molecule has 27 heavy (non-hydrogen) atoms. The molecule has 1 fully saturated rings. The van der Waals surface area contributed by atoms with Gasteiger partial charge in [0, 0.05) is 43.2 Å². The van der Waals surface area contributed by atoms with Gasteiger partial charge in [0.15, 0.2) is 5.13 Å². The van der Waals surface area contributed by atoms with Crippen LogP contribution in [0.25, 0.3) is 0 Å². The summed E-state index contributed by atoms with van der Waals surface area (Å²) in [7, 11) is 0. The Kier molecular flexibility index (Phi) is 5.40. The zero-order valence-electron chi connectivity index (χ0n) is 14.3. The van der Waals surface area contributed by atoms with Crippen LogP contribution >= 0.6 is 11.3 Å². The van der Waals surface area contributed by atoms with Crippen LogP contribution in [-0.4, -0.2) is 39.9 Å². The first-order valence-electron chi connectivity index (χ1n) is 8.13. The largest absolute Gasteiger partial charge is 0.433 e. The lowest BCUT2D eigenvalue weighted by Gasteiger charge is -2.13. The fraction of sp³-hybridized carbons (Fsp3) is 0.438. The van der Waals surface area contributed by atoms with Crippen LogP contribution in [0.3, 0.4) is 0 Å². The molecule has 2 amide bonds. The summed E-state index contributed by atoms with van der Waals surface area (Å²) >= 11 is 1.31. The minimum absolute atomic E-state index is 0.00883. The predicted octanol–water partition coefficient (Wildman–Crippen LogP) is 1.97. The van der Waals surface area contributed by atoms with E-state index in [9.17, 15) is 22.8 Å². The Morgan fingerprint density at radius 2 is 2.19 bits per heavy atom. The SMILES string of the molecule is Cc1cc(C(F)(F)F)nc(CCNC(=O)C2CC(=O)N(c3nccs3)C2)n1. The van der Waals surface area contributed by atoms with E-state index in [0.717, 1.165) is 6.07 Å². The van der Waals surface area contributed by atoms with Gasteiger partial charge in [0.1, 0.15) is 11.5 Å². The molecular weight excluding hydrogens is 383 g/mol. The summed E-state index contributed by atoms with van der Waals surface area (Å²) in [5.41, 5.74) is -0.795. The van der Waals surface area contributed by atoms with Crippen LogP contribution in [0, 0.1) is 12.8 Å². The Balaban J connectivity index is 1.55. The van der Waals surface area contributed by atoms with E-state index in [1.165, 1.54) is 23.2 Å². The zero-order chi connectivity index (χ0) is 19.6. The molecule has 3 rings (SSSR count). The third kappa shape index (κ3) is 4.59. The van der Waals surface area contributed by atoms with Crippen LogP contribution in [0.4, 0.5) is 18.3 Å². The molecule has 3 heterocycles. The molecule has 1 aliphatic heterocycles. The van der Waals surface area contributed by atoms with Crippen LogP contribution in [0.15, 0.2) is 17.6 Å². The van der Waals surface area contributed by atoms with Gasteiger partial charge < -0.3 is 5.32 Å². The van der Waals surface area contributed by atoms with E-state index in [2.05, 4.69) is 20.3 Å². The van der Waals surface area contributed by atoms with E-state index in [0.29, 0.717) is 5.13 Å². The Hall–Kier alpha value is -2.56. The third-order valence-electron chi connectivity index (χ3n) is 3.98. The first-order chi connectivity index (χ1) is 12.7. The number of nitrogens with one attached hydrogen (secondary N) is 1. The van der Waals surface area contributed by atoms with Crippen molar-refractivity contribution in [1.29, 1.82) is 0 Å². The summed E-state index contributed by atoms with van der Waals surface area (Å²) in [5.74, 6) is -1.02. The monoisotopic (exact) mass is 399 g/mol. The van der Waals surface area contributed by atoms with Crippen LogP contribution in [-0.2, 0) is 22.2 Å². The van der Waals surface area contributed by atoms with Crippen molar-refractivity contribution >= 4 is 28.3 Å². The standard InChI is InChI=1S/C16H16F3N5O2S/c1-9-6-11(16(17,18)19)23-12(22-9)2-3-20-14(26)10-7-13(25)24(8-10)15-21-4-5-27-15/h4-6,10H,2-3,7-8H2,1H3,(H,20,26). The summed E-state index contributed by atoms with van der Waals surface area (Å²) in [6.45, 7) is 1.77. The number of aryl methyl sites for hydroxylation is 1. The van der Waals surface area contributed by atoms with Crippen molar-refractivity contribution in [3.63, 3.8) is 0 Å². The average molecular weight is 399 g/mol. The molecule has 1 aliphatic rings. The number of anilines is 1. The molecule has 7 nitrogen and oxygen atoms in total. The lowest BCUT2D eigenvalue weighted by Crippen LogP contribution is -2.34. The van der Waals surface area contributed by atoms with Gasteiger partial charge in [0.05, 0.1) is 5.92 Å². The van der Waals surface area contributed by atoms with Gasteiger partial charge in [0.25, 0.3) is 0 Å². The Bertz CT molecular complexity index is 841. The van der Waals surface area contributed by atoms with Gasteiger partial charge in [-0.25, -0.2) is 15.0 Å². The maximum atomic E-state index is 12.8. The highest BCUT2D eigenvalue weighted by molar-refractivity contribution is 7.13. The quantitative estimate of drug-likeness (QED) is 0.831. The van der Waals surface area contributed by atoms with Gasteiger partial charge in [-0.2, -0.15) is 13.2 Å². The Morgan fingerprint density at radius 1 is 1.41 bits per heavy atom. The Labute approximate surface area is 156 Å². The van der Waals surface area contributed by atoms with E-state index in [4.69, 9.17) is 0 Å². The Morgan fingerprint density at radius 3 is 2.85 bits per heavy atom. The zero-order valence-corrected chi connectivity index (χ0v) is 15.1. The summed E-state index contributed by atoms with van der Waals surface area (Å²) in [4.78, 5) is 37.3. The second-order valence-electron chi connectivity index (χ2n) is 6.07. The van der Waals surface area contributed by atoms with Gasteiger partial charge in [-0.3, -0.25) is 14.5 Å². The summed E-state index contributed by atoms with van der Waals surface area (Å²) in [5, 5.41) is 4.93. The first kappa shape index (κ1) is 19.2. The second kappa shape index (κ2) is 7.59.